The maximum Gasteiger partial charge on any atom is 0.306 e. The van der Waals surface area contributed by atoms with Gasteiger partial charge in [-0.3, -0.25) is 9.59 Å². The second kappa shape index (κ2) is 71.4. The molecule has 0 aliphatic heterocycles. The predicted octanol–water partition coefficient (Wildman–Crippen LogP) is 25.3. The minimum absolute atomic E-state index is 0.0602. The number of aliphatic hydroxyl groups excluding tert-OH is 1. The van der Waals surface area contributed by atoms with E-state index in [4.69, 9.17) is 9.47 Å². The quantitative estimate of drug-likeness (QED) is 0.0373. The Kier molecular flexibility index (Phi) is 69.7. The first-order valence-corrected chi connectivity index (χ1v) is 36.5. The number of carbonyl (C=O) groups is 2. The molecule has 472 valence electrons. The van der Waals surface area contributed by atoms with Gasteiger partial charge in [-0.1, -0.05) is 365 Å². The zero-order valence-electron chi connectivity index (χ0n) is 54.4. The molecule has 0 aliphatic rings. The minimum atomic E-state index is -0.771. The number of carbonyl (C=O) groups excluding carboxylic acids is 2. The molecule has 0 fully saturated rings. The average Bonchev–Trinajstić information content (AvgIpc) is 3.46. The Bertz CT molecular complexity index is 1270. The molecule has 0 amide bonds. The minimum Gasteiger partial charge on any atom is -0.462 e. The van der Waals surface area contributed by atoms with Crippen molar-refractivity contribution in [2.75, 3.05) is 13.2 Å². The molecule has 0 rings (SSSR count). The van der Waals surface area contributed by atoms with Crippen molar-refractivity contribution in [3.63, 3.8) is 0 Å². The summed E-state index contributed by atoms with van der Waals surface area (Å²) in [5.74, 6) is -0.568. The number of rotatable bonds is 69. The molecule has 1 atom stereocenters. The number of allylic oxidation sites excluding steroid dienone is 6. The van der Waals surface area contributed by atoms with Crippen LogP contribution in [0.2, 0.25) is 0 Å². The molecule has 5 heteroatoms. The lowest BCUT2D eigenvalue weighted by Crippen LogP contribution is -2.28. The van der Waals surface area contributed by atoms with Gasteiger partial charge in [0, 0.05) is 12.8 Å². The van der Waals surface area contributed by atoms with E-state index in [1.54, 1.807) is 0 Å². The van der Waals surface area contributed by atoms with Crippen LogP contribution >= 0.6 is 0 Å². The zero-order valence-corrected chi connectivity index (χ0v) is 54.4. The molecule has 0 aromatic heterocycles. The van der Waals surface area contributed by atoms with E-state index in [1.165, 1.54) is 347 Å². The van der Waals surface area contributed by atoms with Crippen molar-refractivity contribution >= 4 is 11.9 Å². The summed E-state index contributed by atoms with van der Waals surface area (Å²) in [6.07, 6.45) is 94.9. The van der Waals surface area contributed by atoms with Crippen LogP contribution in [-0.2, 0) is 19.1 Å². The Hall–Kier alpha value is -1.88. The van der Waals surface area contributed by atoms with Crippen LogP contribution in [0.3, 0.4) is 0 Å². The average molecular weight is 1120 g/mol. The van der Waals surface area contributed by atoms with Gasteiger partial charge in [0.1, 0.15) is 6.61 Å². The maximum atomic E-state index is 12.4. The number of hydrogen-bond acceptors (Lipinski definition) is 5. The number of unbranched alkanes of at least 4 members (excludes halogenated alkanes) is 55. The van der Waals surface area contributed by atoms with Crippen LogP contribution in [0.5, 0.6) is 0 Å². The molecule has 5 nitrogen and oxygen atoms in total. The van der Waals surface area contributed by atoms with Crippen molar-refractivity contribution in [1.82, 2.24) is 0 Å². The molecular weight excluding hydrogens is 981 g/mol. The van der Waals surface area contributed by atoms with Crippen LogP contribution in [0.1, 0.15) is 412 Å². The Morgan fingerprint density at radius 2 is 0.500 bits per heavy atom. The van der Waals surface area contributed by atoms with Crippen LogP contribution in [0.25, 0.3) is 0 Å². The standard InChI is InChI=1S/C75H142O5/c1-3-5-7-9-11-13-15-17-19-21-23-25-27-29-30-31-32-33-34-35-36-37-38-39-40-41-42-43-44-46-47-49-51-53-55-57-59-61-63-65-67-69-74(77)79-72-73(71-76)80-75(78)70-68-66-64-62-60-58-56-54-52-50-48-45-28-26-24-22-20-18-16-14-12-10-8-6-4-2/h16,18,21-24,73,76H,3-15,17,19-20,25-72H2,1-2H3/b18-16-,23-21-,24-22-. The van der Waals surface area contributed by atoms with E-state index in [0.717, 1.165) is 38.5 Å². The lowest BCUT2D eigenvalue weighted by Gasteiger charge is -2.15. The van der Waals surface area contributed by atoms with Crippen LogP contribution in [0.4, 0.5) is 0 Å². The molecule has 0 aromatic rings. The molecule has 0 heterocycles. The van der Waals surface area contributed by atoms with E-state index in [-0.39, 0.29) is 25.2 Å². The second-order valence-electron chi connectivity index (χ2n) is 25.0. The smallest absolute Gasteiger partial charge is 0.306 e. The van der Waals surface area contributed by atoms with E-state index in [1.807, 2.05) is 0 Å². The van der Waals surface area contributed by atoms with Crippen molar-refractivity contribution in [2.45, 2.75) is 418 Å². The van der Waals surface area contributed by atoms with Gasteiger partial charge in [-0.25, -0.2) is 0 Å². The molecule has 0 bridgehead atoms. The van der Waals surface area contributed by atoms with Crippen molar-refractivity contribution < 1.29 is 24.2 Å². The number of aliphatic hydroxyl groups is 1. The van der Waals surface area contributed by atoms with Crippen LogP contribution in [-0.4, -0.2) is 36.4 Å². The highest BCUT2D eigenvalue weighted by atomic mass is 16.6. The summed E-state index contributed by atoms with van der Waals surface area (Å²) >= 11 is 0. The number of ether oxygens (including phenoxy) is 2. The van der Waals surface area contributed by atoms with Gasteiger partial charge in [-0.15, -0.1) is 0 Å². The molecule has 1 N–H and O–H groups in total. The van der Waals surface area contributed by atoms with Crippen molar-refractivity contribution in [3.8, 4) is 0 Å². The summed E-state index contributed by atoms with van der Waals surface area (Å²) in [6, 6.07) is 0. The Labute approximate surface area is 501 Å². The molecule has 0 aromatic carbocycles. The first-order valence-electron chi connectivity index (χ1n) is 36.5. The van der Waals surface area contributed by atoms with Gasteiger partial charge in [0.25, 0.3) is 0 Å². The lowest BCUT2D eigenvalue weighted by atomic mass is 10.0. The lowest BCUT2D eigenvalue weighted by molar-refractivity contribution is -0.161. The van der Waals surface area contributed by atoms with Crippen molar-refractivity contribution in [2.24, 2.45) is 0 Å². The van der Waals surface area contributed by atoms with Gasteiger partial charge in [0.2, 0.25) is 0 Å². The van der Waals surface area contributed by atoms with Gasteiger partial charge in [-0.05, 0) is 70.6 Å². The molecule has 0 radical (unpaired) electrons. The Balaban J connectivity index is 3.36. The molecule has 1 unspecified atom stereocenters. The Morgan fingerprint density at radius 3 is 0.750 bits per heavy atom. The summed E-state index contributed by atoms with van der Waals surface area (Å²) in [4.78, 5) is 24.6. The first kappa shape index (κ1) is 78.1. The largest absolute Gasteiger partial charge is 0.462 e. The molecule has 0 spiro atoms. The van der Waals surface area contributed by atoms with Crippen LogP contribution < -0.4 is 0 Å². The molecular formula is C75H142O5. The molecule has 80 heavy (non-hydrogen) atoms. The van der Waals surface area contributed by atoms with Gasteiger partial charge in [-0.2, -0.15) is 0 Å². The highest BCUT2D eigenvalue weighted by Gasteiger charge is 2.16. The van der Waals surface area contributed by atoms with Crippen LogP contribution in [0.15, 0.2) is 36.5 Å². The predicted molar refractivity (Wildman–Crippen MR) is 353 cm³/mol. The Morgan fingerprint density at radius 1 is 0.287 bits per heavy atom. The first-order chi connectivity index (χ1) is 39.6. The second-order valence-corrected chi connectivity index (χ2v) is 25.0. The van der Waals surface area contributed by atoms with E-state index < -0.39 is 6.10 Å². The molecule has 0 aliphatic carbocycles. The summed E-state index contributed by atoms with van der Waals surface area (Å²) in [5.41, 5.74) is 0. The van der Waals surface area contributed by atoms with Gasteiger partial charge >= 0.3 is 11.9 Å². The monoisotopic (exact) mass is 1120 g/mol. The van der Waals surface area contributed by atoms with Crippen molar-refractivity contribution in [1.29, 1.82) is 0 Å². The summed E-state index contributed by atoms with van der Waals surface area (Å²) in [5, 5.41) is 9.70. The maximum absolute atomic E-state index is 12.4. The molecule has 0 saturated heterocycles. The molecule has 0 saturated carbocycles. The van der Waals surface area contributed by atoms with Gasteiger partial charge in [0.05, 0.1) is 6.61 Å². The summed E-state index contributed by atoms with van der Waals surface area (Å²) in [7, 11) is 0. The van der Waals surface area contributed by atoms with E-state index >= 15 is 0 Å². The number of hydrogen-bond donors (Lipinski definition) is 1. The van der Waals surface area contributed by atoms with E-state index in [0.29, 0.717) is 12.8 Å². The summed E-state index contributed by atoms with van der Waals surface area (Å²) in [6.45, 7) is 4.19. The third-order valence-electron chi connectivity index (χ3n) is 16.9. The fraction of sp³-hybridized carbons (Fsp3) is 0.893. The fourth-order valence-corrected chi connectivity index (χ4v) is 11.4. The van der Waals surface area contributed by atoms with E-state index in [9.17, 15) is 14.7 Å². The zero-order chi connectivity index (χ0) is 57.6. The van der Waals surface area contributed by atoms with Gasteiger partial charge in [0.15, 0.2) is 6.10 Å². The SMILES string of the molecule is CCCCCCC/C=C\C/C=C\CCCCCCCCCCCCCCCC(=O)OC(CO)COC(=O)CCCCCCCCCCCCCCCCCCCCCCCCCCCCCCC/C=C\CCCCCCCCCC. The topological polar surface area (TPSA) is 72.8 Å². The highest BCUT2D eigenvalue weighted by molar-refractivity contribution is 5.70. The third kappa shape index (κ3) is 68.6. The normalized spacial score (nSPS) is 12.3. The highest BCUT2D eigenvalue weighted by Crippen LogP contribution is 2.19. The van der Waals surface area contributed by atoms with Crippen LogP contribution in [0, 0.1) is 0 Å². The van der Waals surface area contributed by atoms with E-state index in [2.05, 4.69) is 50.3 Å². The third-order valence-corrected chi connectivity index (χ3v) is 16.9. The fourth-order valence-electron chi connectivity index (χ4n) is 11.4. The van der Waals surface area contributed by atoms with Crippen molar-refractivity contribution in [3.05, 3.63) is 36.5 Å². The number of esters is 2. The van der Waals surface area contributed by atoms with Gasteiger partial charge < -0.3 is 14.6 Å². The summed E-state index contributed by atoms with van der Waals surface area (Å²) < 4.78 is 10.8.